The van der Waals surface area contributed by atoms with Gasteiger partial charge in [0.2, 0.25) is 0 Å². The highest BCUT2D eigenvalue weighted by atomic mass is 16.5. The number of Topliss-reactive ketones (excluding diaryl/α,β-unsaturated/α-hetero) is 1. The molecule has 2 unspecified atom stereocenters. The quantitative estimate of drug-likeness (QED) is 0.313. The average molecular weight is 398 g/mol. The van der Waals surface area contributed by atoms with Gasteiger partial charge in [0.15, 0.2) is 0 Å². The van der Waals surface area contributed by atoms with Gasteiger partial charge in [-0.15, -0.1) is 0 Å². The van der Waals surface area contributed by atoms with Crippen LogP contribution in [0.3, 0.4) is 0 Å². The van der Waals surface area contributed by atoms with Crippen molar-refractivity contribution < 1.29 is 19.4 Å². The lowest BCUT2D eigenvalue weighted by molar-refractivity contribution is -0.146. The summed E-state index contributed by atoms with van der Waals surface area (Å²) in [6.07, 6.45) is 13.2. The summed E-state index contributed by atoms with van der Waals surface area (Å²) in [4.78, 5) is 23.2. The van der Waals surface area contributed by atoms with Crippen LogP contribution in [0, 0.1) is 5.92 Å². The molecule has 5 nitrogen and oxygen atoms in total. The normalized spacial score (nSPS) is 18.4. The summed E-state index contributed by atoms with van der Waals surface area (Å²) in [6, 6.07) is -0.292. The molecule has 0 aromatic rings. The van der Waals surface area contributed by atoms with E-state index in [-0.39, 0.29) is 17.8 Å². The fourth-order valence-corrected chi connectivity index (χ4v) is 4.23. The summed E-state index contributed by atoms with van der Waals surface area (Å²) in [5.41, 5.74) is -0.663. The number of unbranched alkanes of at least 4 members (excludes halogenated alkanes) is 4. The maximum Gasteiger partial charge on any atom is 0.323 e. The van der Waals surface area contributed by atoms with Gasteiger partial charge in [-0.25, -0.2) is 0 Å². The van der Waals surface area contributed by atoms with Crippen molar-refractivity contribution in [2.75, 3.05) is 13.2 Å². The monoisotopic (exact) mass is 397 g/mol. The van der Waals surface area contributed by atoms with Crippen LogP contribution in [0.5, 0.6) is 0 Å². The van der Waals surface area contributed by atoms with Gasteiger partial charge in [-0.2, -0.15) is 0 Å². The maximum absolute atomic E-state index is 12.3. The molecule has 5 heteroatoms. The number of aliphatic hydroxyl groups is 1. The van der Waals surface area contributed by atoms with Crippen molar-refractivity contribution in [3.05, 3.63) is 0 Å². The summed E-state index contributed by atoms with van der Waals surface area (Å²) in [5, 5.41) is 14.2. The highest BCUT2D eigenvalue weighted by Crippen LogP contribution is 2.34. The molecule has 0 aromatic carbocycles. The molecule has 1 aliphatic rings. The molecule has 2 N–H and O–H groups in total. The van der Waals surface area contributed by atoms with Gasteiger partial charge in [-0.05, 0) is 65.3 Å². The molecule has 0 saturated heterocycles. The number of carbonyl (C=O) groups is 2. The Balaban J connectivity index is 2.32. The van der Waals surface area contributed by atoms with E-state index in [1.54, 1.807) is 6.92 Å². The molecule has 0 radical (unpaired) electrons. The second-order valence-electron chi connectivity index (χ2n) is 8.71. The number of rotatable bonds is 15. The molecular weight excluding hydrogens is 354 g/mol. The van der Waals surface area contributed by atoms with Gasteiger partial charge < -0.3 is 20.0 Å². The van der Waals surface area contributed by atoms with E-state index in [9.17, 15) is 14.7 Å². The zero-order valence-corrected chi connectivity index (χ0v) is 18.4. The smallest absolute Gasteiger partial charge is 0.323 e. The van der Waals surface area contributed by atoms with Gasteiger partial charge in [-0.3, -0.25) is 4.79 Å². The number of hydrogen-bond acceptors (Lipinski definition) is 5. The minimum Gasteiger partial charge on any atom is -0.465 e. The maximum atomic E-state index is 12.3. The van der Waals surface area contributed by atoms with E-state index in [1.165, 1.54) is 19.3 Å². The van der Waals surface area contributed by atoms with Crippen molar-refractivity contribution in [2.24, 2.45) is 5.92 Å². The highest BCUT2D eigenvalue weighted by molar-refractivity contribution is 5.75. The van der Waals surface area contributed by atoms with Crippen LogP contribution in [-0.2, 0) is 14.3 Å². The van der Waals surface area contributed by atoms with Crippen molar-refractivity contribution in [3.63, 3.8) is 0 Å². The van der Waals surface area contributed by atoms with Crippen molar-refractivity contribution in [2.45, 2.75) is 116 Å². The number of ether oxygens (including phenoxy) is 1. The van der Waals surface area contributed by atoms with Crippen LogP contribution in [0.25, 0.3) is 0 Å². The first-order valence-electron chi connectivity index (χ1n) is 11.5. The van der Waals surface area contributed by atoms with E-state index >= 15 is 0 Å². The van der Waals surface area contributed by atoms with Gasteiger partial charge in [0.1, 0.15) is 11.8 Å². The molecule has 0 amide bonds. The standard InChI is InChI=1S/C23H43NO4/c1-4-28-22(26)21(16-12-7-5-6-9-13-19(2)25)24-18-17-23(3,27)20-14-10-8-11-15-20/h20-21,24,27H,4-18H2,1-3H3. The third kappa shape index (κ3) is 10.6. The Labute approximate surface area is 172 Å². The van der Waals surface area contributed by atoms with E-state index in [2.05, 4.69) is 5.32 Å². The molecule has 0 bridgehead atoms. The molecule has 0 heterocycles. The fourth-order valence-electron chi connectivity index (χ4n) is 4.23. The zero-order valence-electron chi connectivity index (χ0n) is 18.4. The molecule has 0 aliphatic heterocycles. The third-order valence-electron chi connectivity index (χ3n) is 6.10. The van der Waals surface area contributed by atoms with E-state index in [0.29, 0.717) is 31.9 Å². The molecule has 0 aromatic heterocycles. The first kappa shape index (κ1) is 25.1. The Morgan fingerprint density at radius 3 is 2.39 bits per heavy atom. The number of nitrogens with one attached hydrogen (secondary N) is 1. The number of carbonyl (C=O) groups excluding carboxylic acids is 2. The molecule has 1 rings (SSSR count). The number of ketones is 1. The second kappa shape index (κ2) is 14.1. The predicted octanol–water partition coefficient (Wildman–Crippen LogP) is 4.55. The largest absolute Gasteiger partial charge is 0.465 e. The van der Waals surface area contributed by atoms with Gasteiger partial charge in [0.05, 0.1) is 12.2 Å². The van der Waals surface area contributed by atoms with Crippen LogP contribution in [0.15, 0.2) is 0 Å². The number of hydrogen-bond donors (Lipinski definition) is 2. The van der Waals surface area contributed by atoms with Gasteiger partial charge >= 0.3 is 5.97 Å². The van der Waals surface area contributed by atoms with E-state index < -0.39 is 5.60 Å². The summed E-state index contributed by atoms with van der Waals surface area (Å²) in [7, 11) is 0. The van der Waals surface area contributed by atoms with Crippen LogP contribution in [-0.4, -0.2) is 41.7 Å². The zero-order chi connectivity index (χ0) is 20.8. The summed E-state index contributed by atoms with van der Waals surface area (Å²) in [5.74, 6) is 0.450. The van der Waals surface area contributed by atoms with Crippen molar-refractivity contribution in [1.29, 1.82) is 0 Å². The van der Waals surface area contributed by atoms with E-state index in [1.807, 2.05) is 13.8 Å². The molecule has 164 valence electrons. The van der Waals surface area contributed by atoms with Crippen LogP contribution < -0.4 is 5.32 Å². The highest BCUT2D eigenvalue weighted by Gasteiger charge is 2.32. The molecule has 2 atom stereocenters. The second-order valence-corrected chi connectivity index (χ2v) is 8.71. The van der Waals surface area contributed by atoms with E-state index in [0.717, 1.165) is 51.4 Å². The van der Waals surface area contributed by atoms with Crippen LogP contribution in [0.2, 0.25) is 0 Å². The van der Waals surface area contributed by atoms with Crippen molar-refractivity contribution in [1.82, 2.24) is 5.32 Å². The first-order chi connectivity index (χ1) is 13.4. The Kier molecular flexibility index (Phi) is 12.6. The summed E-state index contributed by atoms with van der Waals surface area (Å²) >= 11 is 0. The van der Waals surface area contributed by atoms with Crippen molar-refractivity contribution >= 4 is 11.8 Å². The lowest BCUT2D eigenvalue weighted by Gasteiger charge is -2.36. The average Bonchev–Trinajstić information content (AvgIpc) is 2.66. The Morgan fingerprint density at radius 1 is 1.11 bits per heavy atom. The molecular formula is C23H43NO4. The third-order valence-corrected chi connectivity index (χ3v) is 6.10. The molecule has 28 heavy (non-hydrogen) atoms. The lowest BCUT2D eigenvalue weighted by Crippen LogP contribution is -2.43. The van der Waals surface area contributed by atoms with Crippen LogP contribution in [0.1, 0.15) is 104 Å². The lowest BCUT2D eigenvalue weighted by atomic mass is 9.76. The fraction of sp³-hybridized carbons (Fsp3) is 0.913. The molecule has 0 spiro atoms. The minimum atomic E-state index is -0.663. The van der Waals surface area contributed by atoms with Crippen LogP contribution in [0.4, 0.5) is 0 Å². The number of esters is 1. The Hall–Kier alpha value is -0.940. The van der Waals surface area contributed by atoms with Crippen molar-refractivity contribution in [3.8, 4) is 0 Å². The minimum absolute atomic E-state index is 0.184. The Morgan fingerprint density at radius 2 is 1.75 bits per heavy atom. The summed E-state index contributed by atoms with van der Waals surface area (Å²) in [6.45, 7) is 6.44. The Bertz CT molecular complexity index is 444. The van der Waals surface area contributed by atoms with E-state index in [4.69, 9.17) is 4.74 Å². The summed E-state index contributed by atoms with van der Waals surface area (Å²) < 4.78 is 5.22. The van der Waals surface area contributed by atoms with Gasteiger partial charge in [0.25, 0.3) is 0 Å². The predicted molar refractivity (Wildman–Crippen MR) is 113 cm³/mol. The first-order valence-corrected chi connectivity index (χ1v) is 11.5. The van der Waals surface area contributed by atoms with Gasteiger partial charge in [-0.1, -0.05) is 44.9 Å². The molecule has 1 aliphatic carbocycles. The SMILES string of the molecule is CCOC(=O)C(CCCCCCCC(C)=O)NCCC(C)(O)C1CCCCC1. The molecule has 1 saturated carbocycles. The molecule has 1 fully saturated rings. The topological polar surface area (TPSA) is 75.6 Å². The van der Waals surface area contributed by atoms with Crippen LogP contribution >= 0.6 is 0 Å². The van der Waals surface area contributed by atoms with Gasteiger partial charge in [0, 0.05) is 6.42 Å².